The first kappa shape index (κ1) is 12.8. The van der Waals surface area contributed by atoms with Crippen LogP contribution in [0.4, 0.5) is 0 Å². The molecule has 1 aliphatic carbocycles. The molecule has 1 amide bonds. The summed E-state index contributed by atoms with van der Waals surface area (Å²) >= 11 is 0. The van der Waals surface area contributed by atoms with E-state index in [1.165, 1.54) is 32.1 Å². The SMILES string of the molecule is CNC(C)(CN1CCCC2CCCC21)C(N)=O. The van der Waals surface area contributed by atoms with Gasteiger partial charge in [0.25, 0.3) is 0 Å². The number of hydrogen-bond donors (Lipinski definition) is 2. The van der Waals surface area contributed by atoms with E-state index in [0.717, 1.165) is 19.0 Å². The van der Waals surface area contributed by atoms with Gasteiger partial charge in [-0.05, 0) is 52.1 Å². The van der Waals surface area contributed by atoms with Gasteiger partial charge in [-0.25, -0.2) is 0 Å². The van der Waals surface area contributed by atoms with Crippen molar-refractivity contribution in [1.82, 2.24) is 10.2 Å². The largest absolute Gasteiger partial charge is 0.368 e. The second-order valence-electron chi connectivity index (χ2n) is 5.82. The predicted molar refractivity (Wildman–Crippen MR) is 68.6 cm³/mol. The maximum Gasteiger partial charge on any atom is 0.238 e. The van der Waals surface area contributed by atoms with Crippen LogP contribution in [0, 0.1) is 5.92 Å². The van der Waals surface area contributed by atoms with Gasteiger partial charge in [-0.2, -0.15) is 0 Å². The van der Waals surface area contributed by atoms with Gasteiger partial charge in [0.05, 0.1) is 0 Å². The van der Waals surface area contributed by atoms with Crippen molar-refractivity contribution in [2.24, 2.45) is 11.7 Å². The van der Waals surface area contributed by atoms with Gasteiger partial charge in [-0.15, -0.1) is 0 Å². The Hall–Kier alpha value is -0.610. The summed E-state index contributed by atoms with van der Waals surface area (Å²) in [6.07, 6.45) is 6.64. The molecular formula is C13H25N3O. The van der Waals surface area contributed by atoms with Crippen molar-refractivity contribution in [3.05, 3.63) is 0 Å². The fourth-order valence-corrected chi connectivity index (χ4v) is 3.44. The van der Waals surface area contributed by atoms with E-state index in [4.69, 9.17) is 5.73 Å². The Balaban J connectivity index is 2.04. The monoisotopic (exact) mass is 239 g/mol. The molecule has 3 N–H and O–H groups in total. The highest BCUT2D eigenvalue weighted by molar-refractivity contribution is 5.84. The summed E-state index contributed by atoms with van der Waals surface area (Å²) in [5, 5.41) is 3.09. The van der Waals surface area contributed by atoms with Crippen LogP contribution in [-0.4, -0.2) is 42.5 Å². The number of primary amides is 1. The Labute approximate surface area is 104 Å². The average Bonchev–Trinajstić information content (AvgIpc) is 2.77. The Morgan fingerprint density at radius 2 is 2.12 bits per heavy atom. The molecule has 0 spiro atoms. The second-order valence-corrected chi connectivity index (χ2v) is 5.82. The quantitative estimate of drug-likeness (QED) is 0.760. The van der Waals surface area contributed by atoms with E-state index in [0.29, 0.717) is 6.04 Å². The standard InChI is InChI=1S/C13H25N3O/c1-13(15-2,12(14)17)9-16-8-4-6-10-5-3-7-11(10)16/h10-11,15H,3-9H2,1-2H3,(H2,14,17). The fourth-order valence-electron chi connectivity index (χ4n) is 3.44. The molecule has 0 aromatic rings. The van der Waals surface area contributed by atoms with Crippen molar-refractivity contribution in [3.63, 3.8) is 0 Å². The van der Waals surface area contributed by atoms with Crippen LogP contribution in [0.3, 0.4) is 0 Å². The number of likely N-dealkylation sites (tertiary alicyclic amines) is 1. The number of fused-ring (bicyclic) bond motifs is 1. The first-order chi connectivity index (χ1) is 8.07. The number of amides is 1. The molecule has 1 saturated carbocycles. The Kier molecular flexibility index (Phi) is 3.73. The number of rotatable bonds is 4. The van der Waals surface area contributed by atoms with Crippen LogP contribution in [-0.2, 0) is 4.79 Å². The van der Waals surface area contributed by atoms with E-state index in [9.17, 15) is 4.79 Å². The highest BCUT2D eigenvalue weighted by Gasteiger charge is 2.39. The Morgan fingerprint density at radius 1 is 1.41 bits per heavy atom. The van der Waals surface area contributed by atoms with E-state index in [1.807, 2.05) is 14.0 Å². The number of hydrogen-bond acceptors (Lipinski definition) is 3. The minimum atomic E-state index is -0.593. The topological polar surface area (TPSA) is 58.4 Å². The van der Waals surface area contributed by atoms with Crippen molar-refractivity contribution in [2.75, 3.05) is 20.1 Å². The highest BCUT2D eigenvalue weighted by Crippen LogP contribution is 2.37. The lowest BCUT2D eigenvalue weighted by Gasteiger charge is -2.42. The number of likely N-dealkylation sites (N-methyl/N-ethyl adjacent to an activating group) is 1. The lowest BCUT2D eigenvalue weighted by molar-refractivity contribution is -0.124. The number of nitrogens with two attached hydrogens (primary N) is 1. The molecule has 0 radical (unpaired) electrons. The average molecular weight is 239 g/mol. The molecule has 98 valence electrons. The molecule has 1 saturated heterocycles. The molecule has 1 heterocycles. The lowest BCUT2D eigenvalue weighted by atomic mass is 9.90. The third-order valence-electron chi connectivity index (χ3n) is 4.72. The van der Waals surface area contributed by atoms with Gasteiger partial charge < -0.3 is 11.1 Å². The first-order valence-corrected chi connectivity index (χ1v) is 6.80. The van der Waals surface area contributed by atoms with E-state index in [-0.39, 0.29) is 5.91 Å². The number of nitrogens with one attached hydrogen (secondary N) is 1. The molecule has 2 aliphatic rings. The highest BCUT2D eigenvalue weighted by atomic mass is 16.1. The summed E-state index contributed by atoms with van der Waals surface area (Å²) in [6, 6.07) is 0.691. The molecule has 1 aliphatic heterocycles. The summed E-state index contributed by atoms with van der Waals surface area (Å²) in [4.78, 5) is 14.0. The zero-order valence-corrected chi connectivity index (χ0v) is 11.0. The third kappa shape index (κ3) is 2.47. The van der Waals surface area contributed by atoms with E-state index >= 15 is 0 Å². The zero-order chi connectivity index (χ0) is 12.5. The smallest absolute Gasteiger partial charge is 0.238 e. The molecule has 3 unspecified atom stereocenters. The molecule has 0 aromatic carbocycles. The third-order valence-corrected chi connectivity index (χ3v) is 4.72. The number of nitrogens with zero attached hydrogens (tertiary/aromatic N) is 1. The van der Waals surface area contributed by atoms with Gasteiger partial charge in [0.2, 0.25) is 5.91 Å². The van der Waals surface area contributed by atoms with Crippen molar-refractivity contribution in [2.45, 2.75) is 50.6 Å². The summed E-state index contributed by atoms with van der Waals surface area (Å²) in [5.41, 5.74) is 4.91. The van der Waals surface area contributed by atoms with Crippen molar-refractivity contribution in [3.8, 4) is 0 Å². The Bertz CT molecular complexity index is 294. The van der Waals surface area contributed by atoms with Crippen LogP contribution in [0.5, 0.6) is 0 Å². The van der Waals surface area contributed by atoms with Crippen molar-refractivity contribution < 1.29 is 4.79 Å². The number of carbonyl (C=O) groups excluding carboxylic acids is 1. The van der Waals surface area contributed by atoms with E-state index in [1.54, 1.807) is 0 Å². The summed E-state index contributed by atoms with van der Waals surface area (Å²) in [6.45, 7) is 3.78. The van der Waals surface area contributed by atoms with Crippen LogP contribution < -0.4 is 11.1 Å². The van der Waals surface area contributed by atoms with Crippen LogP contribution >= 0.6 is 0 Å². The molecule has 0 bridgehead atoms. The summed E-state index contributed by atoms with van der Waals surface area (Å²) in [5.74, 6) is 0.609. The normalized spacial score (nSPS) is 33.1. The molecule has 17 heavy (non-hydrogen) atoms. The summed E-state index contributed by atoms with van der Waals surface area (Å²) in [7, 11) is 1.82. The van der Waals surface area contributed by atoms with Crippen molar-refractivity contribution in [1.29, 1.82) is 0 Å². The lowest BCUT2D eigenvalue weighted by Crippen LogP contribution is -2.60. The van der Waals surface area contributed by atoms with Gasteiger partial charge in [-0.3, -0.25) is 9.69 Å². The Morgan fingerprint density at radius 3 is 2.76 bits per heavy atom. The van der Waals surface area contributed by atoms with Gasteiger partial charge in [-0.1, -0.05) is 6.42 Å². The minimum absolute atomic E-state index is 0.250. The molecule has 2 rings (SSSR count). The molecule has 4 nitrogen and oxygen atoms in total. The molecule has 0 aromatic heterocycles. The van der Waals surface area contributed by atoms with E-state index in [2.05, 4.69) is 10.2 Å². The first-order valence-electron chi connectivity index (χ1n) is 6.80. The van der Waals surface area contributed by atoms with Crippen molar-refractivity contribution >= 4 is 5.91 Å². The van der Waals surface area contributed by atoms with Gasteiger partial charge in [0, 0.05) is 12.6 Å². The second kappa shape index (κ2) is 4.94. The molecule has 4 heteroatoms. The van der Waals surface area contributed by atoms with Gasteiger partial charge in [0.1, 0.15) is 5.54 Å². The van der Waals surface area contributed by atoms with Gasteiger partial charge in [0.15, 0.2) is 0 Å². The van der Waals surface area contributed by atoms with Gasteiger partial charge >= 0.3 is 0 Å². The van der Waals surface area contributed by atoms with Crippen LogP contribution in [0.1, 0.15) is 39.0 Å². The fraction of sp³-hybridized carbons (Fsp3) is 0.923. The van der Waals surface area contributed by atoms with E-state index < -0.39 is 5.54 Å². The minimum Gasteiger partial charge on any atom is -0.368 e. The number of piperidine rings is 1. The van der Waals surface area contributed by atoms with Crippen LogP contribution in [0.25, 0.3) is 0 Å². The summed E-state index contributed by atoms with van der Waals surface area (Å²) < 4.78 is 0. The molecular weight excluding hydrogens is 214 g/mol. The number of carbonyl (C=O) groups is 1. The zero-order valence-electron chi connectivity index (χ0n) is 11.0. The molecule has 3 atom stereocenters. The van der Waals surface area contributed by atoms with Crippen LogP contribution in [0.2, 0.25) is 0 Å². The van der Waals surface area contributed by atoms with Crippen LogP contribution in [0.15, 0.2) is 0 Å². The predicted octanol–water partition coefficient (Wildman–Crippen LogP) is 0.714. The molecule has 2 fully saturated rings. The maximum absolute atomic E-state index is 11.6. The maximum atomic E-state index is 11.6.